The molecule has 2 aromatic heterocycles. The smallest absolute Gasteiger partial charge is 0.179 e. The molecular weight excluding hydrogens is 619 g/mol. The van der Waals surface area contributed by atoms with Gasteiger partial charge in [0.05, 0.1) is 5.56 Å². The summed E-state index contributed by atoms with van der Waals surface area (Å²) in [5.41, 5.74) is 7.88. The molecule has 1 atom stereocenters. The van der Waals surface area contributed by atoms with Crippen LogP contribution in [0.25, 0.3) is 62.0 Å². The van der Waals surface area contributed by atoms with Crippen LogP contribution < -0.4 is 9.47 Å². The first-order valence-electron chi connectivity index (χ1n) is 16.6. The Bertz CT molecular complexity index is 2660. The van der Waals surface area contributed by atoms with Gasteiger partial charge in [0.15, 0.2) is 40.5 Å². The average molecular weight is 644 g/mol. The summed E-state index contributed by atoms with van der Waals surface area (Å²) in [6.45, 7) is 0. The molecule has 8 aromatic rings. The van der Waals surface area contributed by atoms with Crippen LogP contribution in [0.4, 0.5) is 0 Å². The van der Waals surface area contributed by atoms with Gasteiger partial charge in [0, 0.05) is 22.1 Å². The number of hydrogen-bond donors (Lipinski definition) is 0. The molecule has 3 heterocycles. The fourth-order valence-corrected chi connectivity index (χ4v) is 7.83. The number of benzene rings is 6. The van der Waals surface area contributed by atoms with Crippen molar-refractivity contribution in [3.05, 3.63) is 180 Å². The predicted molar refractivity (Wildman–Crippen MR) is 192 cm³/mol. The van der Waals surface area contributed by atoms with Gasteiger partial charge in [-0.3, -0.25) is 0 Å². The summed E-state index contributed by atoms with van der Waals surface area (Å²) < 4.78 is 20.5. The number of para-hydroxylation sites is 3. The largest absolute Gasteiger partial charge is 0.458 e. The highest BCUT2D eigenvalue weighted by Gasteiger charge is 2.60. The minimum Gasteiger partial charge on any atom is -0.458 e. The van der Waals surface area contributed by atoms with E-state index in [1.165, 1.54) is 0 Å². The minimum atomic E-state index is -0.870. The SMILES string of the molecule is c1ccc(-c2nc(-c3ccccc3)nc(-c3ccc4c(c3)-c3ccccc3C43C4=C(Oc5ccccc5O4)c4c3oc3ccccc43)n2)cc1. The highest BCUT2D eigenvalue weighted by Crippen LogP contribution is 2.65. The highest BCUT2D eigenvalue weighted by atomic mass is 16.6. The number of hydrogen-bond acceptors (Lipinski definition) is 6. The molecule has 0 fully saturated rings. The van der Waals surface area contributed by atoms with Gasteiger partial charge in [-0.05, 0) is 46.5 Å². The highest BCUT2D eigenvalue weighted by molar-refractivity contribution is 6.01. The summed E-state index contributed by atoms with van der Waals surface area (Å²) in [7, 11) is 0. The minimum absolute atomic E-state index is 0.598. The lowest BCUT2D eigenvalue weighted by Crippen LogP contribution is -2.31. The zero-order valence-corrected chi connectivity index (χ0v) is 26.5. The van der Waals surface area contributed by atoms with Gasteiger partial charge in [-0.2, -0.15) is 0 Å². The Morgan fingerprint density at radius 3 is 1.78 bits per heavy atom. The van der Waals surface area contributed by atoms with E-state index in [4.69, 9.17) is 28.8 Å². The quantitative estimate of drug-likeness (QED) is 0.191. The van der Waals surface area contributed by atoms with Crippen molar-refractivity contribution >= 4 is 16.7 Å². The van der Waals surface area contributed by atoms with Crippen molar-refractivity contribution in [2.24, 2.45) is 0 Å². The summed E-state index contributed by atoms with van der Waals surface area (Å²) in [5.74, 6) is 5.40. The van der Waals surface area contributed by atoms with Crippen molar-refractivity contribution in [2.45, 2.75) is 5.41 Å². The number of rotatable bonds is 3. The number of furan rings is 1. The van der Waals surface area contributed by atoms with Gasteiger partial charge in [-0.1, -0.05) is 127 Å². The van der Waals surface area contributed by atoms with Gasteiger partial charge < -0.3 is 13.9 Å². The van der Waals surface area contributed by atoms with E-state index >= 15 is 0 Å². The van der Waals surface area contributed by atoms with Crippen LogP contribution in [0.2, 0.25) is 0 Å². The summed E-state index contributed by atoms with van der Waals surface area (Å²) in [6.07, 6.45) is 0. The first-order valence-corrected chi connectivity index (χ1v) is 16.6. The van der Waals surface area contributed by atoms with Crippen LogP contribution in [-0.4, -0.2) is 15.0 Å². The van der Waals surface area contributed by atoms with Crippen LogP contribution in [0.15, 0.2) is 162 Å². The zero-order valence-electron chi connectivity index (χ0n) is 26.5. The van der Waals surface area contributed by atoms with Gasteiger partial charge in [-0.25, -0.2) is 15.0 Å². The second-order valence-electron chi connectivity index (χ2n) is 12.7. The molecule has 3 aliphatic rings. The van der Waals surface area contributed by atoms with Crippen LogP contribution >= 0.6 is 0 Å². The second-order valence-corrected chi connectivity index (χ2v) is 12.7. The maximum Gasteiger partial charge on any atom is 0.179 e. The second kappa shape index (κ2) is 10.1. The van der Waals surface area contributed by atoms with E-state index in [9.17, 15) is 0 Å². The molecule has 0 bridgehead atoms. The van der Waals surface area contributed by atoms with Gasteiger partial charge in [0.2, 0.25) is 0 Å². The molecule has 0 saturated carbocycles. The van der Waals surface area contributed by atoms with E-state index in [-0.39, 0.29) is 0 Å². The third kappa shape index (κ3) is 3.64. The normalized spacial score (nSPS) is 16.3. The number of aromatic nitrogens is 3. The summed E-state index contributed by atoms with van der Waals surface area (Å²) >= 11 is 0. The maximum atomic E-state index is 6.90. The molecule has 0 amide bonds. The molecule has 1 unspecified atom stereocenters. The topological polar surface area (TPSA) is 70.3 Å². The first-order chi connectivity index (χ1) is 24.8. The summed E-state index contributed by atoms with van der Waals surface area (Å²) in [6, 6.07) is 51.0. The first kappa shape index (κ1) is 27.2. The van der Waals surface area contributed by atoms with Crippen LogP contribution in [0.5, 0.6) is 11.5 Å². The van der Waals surface area contributed by atoms with Crippen molar-refractivity contribution in [1.82, 2.24) is 15.0 Å². The molecule has 0 saturated heterocycles. The predicted octanol–water partition coefficient (Wildman–Crippen LogP) is 10.1. The molecule has 2 aliphatic carbocycles. The van der Waals surface area contributed by atoms with Crippen LogP contribution in [-0.2, 0) is 5.41 Å². The number of nitrogens with zero attached hydrogens (tertiary/aromatic N) is 3. The summed E-state index contributed by atoms with van der Waals surface area (Å²) in [4.78, 5) is 15.0. The third-order valence-electron chi connectivity index (χ3n) is 9.99. The molecule has 50 heavy (non-hydrogen) atoms. The van der Waals surface area contributed by atoms with E-state index in [0.717, 1.165) is 61.2 Å². The maximum absolute atomic E-state index is 6.90. The van der Waals surface area contributed by atoms with E-state index in [0.29, 0.717) is 40.5 Å². The lowest BCUT2D eigenvalue weighted by molar-refractivity contribution is 0.306. The van der Waals surface area contributed by atoms with Gasteiger partial charge in [0.1, 0.15) is 16.8 Å². The van der Waals surface area contributed by atoms with Crippen molar-refractivity contribution in [1.29, 1.82) is 0 Å². The lowest BCUT2D eigenvalue weighted by Gasteiger charge is -2.31. The molecule has 234 valence electrons. The Kier molecular flexibility index (Phi) is 5.50. The Morgan fingerprint density at radius 2 is 1.04 bits per heavy atom. The molecule has 1 spiro atoms. The van der Waals surface area contributed by atoms with Gasteiger partial charge in [-0.15, -0.1) is 0 Å². The van der Waals surface area contributed by atoms with Crippen molar-refractivity contribution < 1.29 is 13.9 Å². The van der Waals surface area contributed by atoms with E-state index in [1.807, 2.05) is 103 Å². The van der Waals surface area contributed by atoms with Crippen molar-refractivity contribution in [3.8, 4) is 56.8 Å². The van der Waals surface area contributed by atoms with Gasteiger partial charge in [0.25, 0.3) is 0 Å². The molecule has 0 N–H and O–H groups in total. The van der Waals surface area contributed by atoms with E-state index < -0.39 is 5.41 Å². The Morgan fingerprint density at radius 1 is 0.460 bits per heavy atom. The molecule has 6 aromatic carbocycles. The van der Waals surface area contributed by atoms with E-state index in [1.54, 1.807) is 0 Å². The average Bonchev–Trinajstić information content (AvgIpc) is 3.81. The van der Waals surface area contributed by atoms with Gasteiger partial charge >= 0.3 is 0 Å². The zero-order chi connectivity index (χ0) is 32.8. The van der Waals surface area contributed by atoms with Crippen LogP contribution in [0.1, 0.15) is 22.5 Å². The molecule has 11 rings (SSSR count). The molecule has 6 heteroatoms. The number of allylic oxidation sites excluding steroid dienone is 1. The molecular formula is C44H25N3O3. The monoisotopic (exact) mass is 643 g/mol. The van der Waals surface area contributed by atoms with Crippen LogP contribution in [0, 0.1) is 0 Å². The van der Waals surface area contributed by atoms with Crippen molar-refractivity contribution in [2.75, 3.05) is 0 Å². The molecule has 1 aliphatic heterocycles. The standard InChI is InChI=1S/C44H25N3O3/c1-3-13-26(14-4-1)41-45-42(27-15-5-2-6-16-27)47-43(46-41)28-23-24-33-31(25-28)29-17-7-9-19-32(29)44(33)39-37(30-18-8-10-20-34(30)49-39)38-40(44)50-36-22-12-11-21-35(36)48-38/h1-25H. The third-order valence-corrected chi connectivity index (χ3v) is 9.99. The lowest BCUT2D eigenvalue weighted by atomic mass is 9.76. The summed E-state index contributed by atoms with van der Waals surface area (Å²) in [5, 5.41) is 0.990. The Labute approximate surface area is 287 Å². The number of fused-ring (bicyclic) bond motifs is 12. The number of ether oxygens (including phenoxy) is 2. The molecule has 0 radical (unpaired) electrons. The fourth-order valence-electron chi connectivity index (χ4n) is 7.83. The Balaban J connectivity index is 1.16. The fraction of sp³-hybridized carbons (Fsp3) is 0.0227. The van der Waals surface area contributed by atoms with Crippen LogP contribution in [0.3, 0.4) is 0 Å². The Hall–Kier alpha value is -6.79. The molecule has 6 nitrogen and oxygen atoms in total. The van der Waals surface area contributed by atoms with E-state index in [2.05, 4.69) is 48.5 Å². The van der Waals surface area contributed by atoms with Crippen molar-refractivity contribution in [3.63, 3.8) is 0 Å².